The summed E-state index contributed by atoms with van der Waals surface area (Å²) < 4.78 is 5.60. The van der Waals surface area contributed by atoms with Gasteiger partial charge >= 0.3 is 13.0 Å². The number of carboxylic acid groups (broad SMARTS) is 1. The van der Waals surface area contributed by atoms with Gasteiger partial charge in [-0.15, -0.1) is 0 Å². The van der Waals surface area contributed by atoms with Crippen molar-refractivity contribution in [3.63, 3.8) is 0 Å². The van der Waals surface area contributed by atoms with Crippen LogP contribution < -0.4 is 9.97 Å². The van der Waals surface area contributed by atoms with Gasteiger partial charge in [-0.2, -0.15) is 4.91 Å². The summed E-state index contributed by atoms with van der Waals surface area (Å²) in [6, 6.07) is 4.96. The molecule has 0 amide bonds. The molecule has 1 aromatic carbocycles. The molecular formula is C21H30BN3O4. The van der Waals surface area contributed by atoms with Gasteiger partial charge in [-0.3, -0.25) is 4.90 Å². The lowest BCUT2D eigenvalue weighted by molar-refractivity contribution is 0.0694. The van der Waals surface area contributed by atoms with E-state index >= 15 is 0 Å². The van der Waals surface area contributed by atoms with E-state index in [1.807, 2.05) is 6.07 Å². The van der Waals surface area contributed by atoms with E-state index in [0.29, 0.717) is 6.42 Å². The smallest absolute Gasteiger partial charge is 0.536 e. The minimum absolute atomic E-state index is 0.0525. The van der Waals surface area contributed by atoms with Crippen molar-refractivity contribution in [2.45, 2.75) is 57.3 Å². The predicted octanol–water partition coefficient (Wildman–Crippen LogP) is 3.63. The topological polar surface area (TPSA) is 91.2 Å². The van der Waals surface area contributed by atoms with Crippen molar-refractivity contribution >= 4 is 13.0 Å². The number of hydrogen-bond acceptors (Lipinski definition) is 6. The minimum atomic E-state index is -1.08. The summed E-state index contributed by atoms with van der Waals surface area (Å²) in [5.41, 5.74) is 1.63. The Balaban J connectivity index is 0.000000536. The first-order valence-electron chi connectivity index (χ1n) is 10.6. The van der Waals surface area contributed by atoms with Crippen molar-refractivity contribution in [3.05, 3.63) is 46.5 Å². The molecule has 0 spiro atoms. The van der Waals surface area contributed by atoms with Gasteiger partial charge in [-0.1, -0.05) is 55.9 Å². The van der Waals surface area contributed by atoms with Crippen LogP contribution in [0, 0.1) is 4.91 Å². The van der Waals surface area contributed by atoms with Crippen LogP contribution in [0.25, 0.3) is 0 Å². The number of aromatic carboxylic acids is 1. The molecule has 1 atom stereocenters. The number of rotatable bonds is 6. The van der Waals surface area contributed by atoms with Crippen molar-refractivity contribution in [1.29, 1.82) is 0 Å². The van der Waals surface area contributed by atoms with E-state index in [1.165, 1.54) is 51.0 Å². The number of nitrogens with zero attached hydrogens (tertiary/aromatic N) is 2. The van der Waals surface area contributed by atoms with Crippen molar-refractivity contribution in [2.75, 3.05) is 19.6 Å². The summed E-state index contributed by atoms with van der Waals surface area (Å²) >= 11 is 0. The highest BCUT2D eigenvalue weighted by atomic mass is 16.5. The fourth-order valence-corrected chi connectivity index (χ4v) is 3.76. The van der Waals surface area contributed by atoms with Crippen LogP contribution in [0.3, 0.4) is 0 Å². The van der Waals surface area contributed by atoms with Crippen molar-refractivity contribution < 1.29 is 14.6 Å². The second kappa shape index (κ2) is 10.4. The Kier molecular flexibility index (Phi) is 7.69. The summed E-state index contributed by atoms with van der Waals surface area (Å²) in [4.78, 5) is 24.9. The maximum Gasteiger partial charge on any atom is 0.570 e. The molecule has 2 fully saturated rings. The summed E-state index contributed by atoms with van der Waals surface area (Å²) in [5, 5.41) is 15.6. The van der Waals surface area contributed by atoms with Gasteiger partial charge in [0, 0.05) is 12.2 Å². The van der Waals surface area contributed by atoms with Gasteiger partial charge in [0.05, 0.1) is 11.5 Å². The van der Waals surface area contributed by atoms with Crippen LogP contribution in [-0.2, 0) is 6.42 Å². The van der Waals surface area contributed by atoms with Gasteiger partial charge in [-0.25, -0.2) is 4.79 Å². The Hall–Kier alpha value is -2.35. The first-order valence-corrected chi connectivity index (χ1v) is 10.6. The molecule has 8 heteroatoms. The molecule has 1 aliphatic carbocycles. The van der Waals surface area contributed by atoms with Crippen LogP contribution in [0.2, 0.25) is 0 Å². The molecule has 2 aliphatic heterocycles. The lowest BCUT2D eigenvalue weighted by Gasteiger charge is -2.32. The Morgan fingerprint density at radius 1 is 1.21 bits per heavy atom. The monoisotopic (exact) mass is 399 g/mol. The average molecular weight is 399 g/mol. The van der Waals surface area contributed by atoms with Crippen LogP contribution in [0.5, 0.6) is 5.75 Å². The number of carboxylic acids is 1. The number of fused-ring (bicyclic) bond motifs is 1. The van der Waals surface area contributed by atoms with Crippen molar-refractivity contribution in [3.8, 4) is 5.75 Å². The third-order valence-corrected chi connectivity index (χ3v) is 5.71. The summed E-state index contributed by atoms with van der Waals surface area (Å²) in [6.07, 6.45) is 10.1. The van der Waals surface area contributed by atoms with E-state index in [0.717, 1.165) is 30.9 Å². The second-order valence-corrected chi connectivity index (χ2v) is 8.02. The fraction of sp³-hybridized carbons (Fsp3) is 0.571. The van der Waals surface area contributed by atoms with Gasteiger partial charge in [0.25, 0.3) is 0 Å². The normalized spacial score (nSPS) is 20.8. The van der Waals surface area contributed by atoms with Gasteiger partial charge in [0.2, 0.25) is 0 Å². The van der Waals surface area contributed by atoms with E-state index in [2.05, 4.69) is 21.9 Å². The van der Waals surface area contributed by atoms with E-state index in [1.54, 1.807) is 6.07 Å². The molecule has 1 aromatic rings. The molecular weight excluding hydrogens is 369 g/mol. The molecule has 7 nitrogen and oxygen atoms in total. The SMILES string of the molecule is C1CCC1.C=C(CN1CCCCC1)NC1Cc2cccc(C(=O)O)c2OB1N=O. The zero-order valence-electron chi connectivity index (χ0n) is 16.9. The number of piperidine rings is 1. The zero-order chi connectivity index (χ0) is 20.6. The van der Waals surface area contributed by atoms with Crippen molar-refractivity contribution in [2.24, 2.45) is 5.09 Å². The number of nitrogens with one attached hydrogen (secondary N) is 1. The van der Waals surface area contributed by atoms with Gasteiger partial charge in [0.15, 0.2) is 0 Å². The first kappa shape index (κ1) is 21.4. The minimum Gasteiger partial charge on any atom is -0.536 e. The Morgan fingerprint density at radius 3 is 2.45 bits per heavy atom. The molecule has 1 saturated carbocycles. The Bertz CT molecular complexity index is 729. The van der Waals surface area contributed by atoms with Crippen LogP contribution in [0.4, 0.5) is 0 Å². The number of nitroso groups, excluding NO2 is 1. The first-order chi connectivity index (χ1) is 14.1. The van der Waals surface area contributed by atoms with Crippen LogP contribution in [0.1, 0.15) is 60.9 Å². The largest absolute Gasteiger partial charge is 0.570 e. The maximum absolute atomic E-state index is 11.3. The summed E-state index contributed by atoms with van der Waals surface area (Å²) in [6.45, 7) is 6.91. The Labute approximate surface area is 172 Å². The number of hydrogen-bond donors (Lipinski definition) is 2. The van der Waals surface area contributed by atoms with Gasteiger partial charge in [-0.05, 0) is 44.0 Å². The van der Waals surface area contributed by atoms with Crippen molar-refractivity contribution in [1.82, 2.24) is 10.2 Å². The van der Waals surface area contributed by atoms with Crippen LogP contribution in [0.15, 0.2) is 35.6 Å². The number of benzene rings is 1. The second-order valence-electron chi connectivity index (χ2n) is 8.02. The van der Waals surface area contributed by atoms with Gasteiger partial charge in [0.1, 0.15) is 5.75 Å². The highest BCUT2D eigenvalue weighted by Gasteiger charge is 2.39. The van der Waals surface area contributed by atoms with Gasteiger partial charge < -0.3 is 15.1 Å². The molecule has 0 radical (unpaired) electrons. The molecule has 1 unspecified atom stereocenters. The highest BCUT2D eigenvalue weighted by Crippen LogP contribution is 2.31. The van der Waals surface area contributed by atoms with Crippen LogP contribution >= 0.6 is 0 Å². The number of para-hydroxylation sites is 1. The predicted molar refractivity (Wildman–Crippen MR) is 114 cm³/mol. The van der Waals surface area contributed by atoms with E-state index in [-0.39, 0.29) is 17.3 Å². The number of carbonyl (C=O) groups is 1. The molecule has 0 bridgehead atoms. The number of likely N-dealkylation sites (tertiary alicyclic amines) is 1. The van der Waals surface area contributed by atoms with E-state index < -0.39 is 13.0 Å². The average Bonchev–Trinajstić information content (AvgIpc) is 2.66. The highest BCUT2D eigenvalue weighted by molar-refractivity contribution is 6.53. The standard InChI is InChI=1S/C17H22BN3O4.C4H8/c1-12(11-21-8-3-2-4-9-21)19-15-10-13-6-5-7-14(17(22)23)16(13)25-18(15)20-24;1-2-4-3-1/h5-7,15,19H,1-4,8-11H2,(H,22,23);1-4H2. The summed E-state index contributed by atoms with van der Waals surface area (Å²) in [7, 11) is -0.980. The lowest BCUT2D eigenvalue weighted by atomic mass is 9.68. The molecule has 0 aromatic heterocycles. The lowest BCUT2D eigenvalue weighted by Crippen LogP contribution is -2.51. The Morgan fingerprint density at radius 2 is 1.86 bits per heavy atom. The molecule has 156 valence electrons. The molecule has 29 heavy (non-hydrogen) atoms. The molecule has 1 saturated heterocycles. The quantitative estimate of drug-likeness (QED) is 0.561. The molecule has 3 aliphatic rings. The molecule has 4 rings (SSSR count). The van der Waals surface area contributed by atoms with E-state index in [9.17, 15) is 14.8 Å². The summed E-state index contributed by atoms with van der Waals surface area (Å²) in [5.74, 6) is -1.20. The maximum atomic E-state index is 11.3. The van der Waals surface area contributed by atoms with Crippen LogP contribution in [-0.4, -0.2) is 48.6 Å². The van der Waals surface area contributed by atoms with E-state index in [4.69, 9.17) is 4.65 Å². The zero-order valence-corrected chi connectivity index (χ0v) is 16.9. The molecule has 2 heterocycles. The third-order valence-electron chi connectivity index (χ3n) is 5.71. The fourth-order valence-electron chi connectivity index (χ4n) is 3.76. The molecule has 2 N–H and O–H groups in total. The third kappa shape index (κ3) is 5.82.